The summed E-state index contributed by atoms with van der Waals surface area (Å²) in [5.74, 6) is 0. The smallest absolute Gasteiger partial charge is 0.0594 e. The highest BCUT2D eigenvalue weighted by Gasteiger charge is 2.27. The molecule has 0 saturated carbocycles. The molecule has 2 rings (SSSR count). The first-order valence-electron chi connectivity index (χ1n) is 6.38. The van der Waals surface area contributed by atoms with E-state index in [4.69, 9.17) is 11.5 Å². The van der Waals surface area contributed by atoms with Gasteiger partial charge in [-0.15, -0.1) is 0 Å². The van der Waals surface area contributed by atoms with E-state index in [1.165, 1.54) is 5.57 Å². The zero-order valence-electron chi connectivity index (χ0n) is 10.8. The minimum Gasteiger partial charge on any atom is -0.399 e. The molecule has 5 N–H and O–H groups in total. The van der Waals surface area contributed by atoms with Crippen LogP contribution in [0.4, 0.5) is 11.4 Å². The minimum atomic E-state index is -0.0282. The molecule has 96 valence electrons. The van der Waals surface area contributed by atoms with Crippen LogP contribution in [0.5, 0.6) is 0 Å². The number of rotatable bonds is 4. The van der Waals surface area contributed by atoms with Gasteiger partial charge in [0.05, 0.1) is 5.54 Å². The summed E-state index contributed by atoms with van der Waals surface area (Å²) in [5.41, 5.74) is 14.6. The van der Waals surface area contributed by atoms with Crippen LogP contribution >= 0.6 is 0 Å². The van der Waals surface area contributed by atoms with E-state index in [-0.39, 0.29) is 5.54 Å². The van der Waals surface area contributed by atoms with E-state index >= 15 is 0 Å². The van der Waals surface area contributed by atoms with Gasteiger partial charge in [0.2, 0.25) is 0 Å². The van der Waals surface area contributed by atoms with Crippen molar-refractivity contribution in [3.63, 3.8) is 0 Å². The molecule has 0 saturated heterocycles. The molecule has 0 bridgehead atoms. The number of hydrogen-bond acceptors (Lipinski definition) is 3. The van der Waals surface area contributed by atoms with Crippen LogP contribution in [0.15, 0.2) is 48.1 Å². The van der Waals surface area contributed by atoms with Crippen LogP contribution in [0, 0.1) is 0 Å². The van der Waals surface area contributed by atoms with E-state index in [1.54, 1.807) is 0 Å². The second-order valence-electron chi connectivity index (χ2n) is 4.82. The van der Waals surface area contributed by atoms with E-state index in [0.717, 1.165) is 24.2 Å². The fourth-order valence-corrected chi connectivity index (χ4v) is 2.30. The van der Waals surface area contributed by atoms with Crippen molar-refractivity contribution in [2.24, 2.45) is 5.73 Å². The molecule has 18 heavy (non-hydrogen) atoms. The summed E-state index contributed by atoms with van der Waals surface area (Å²) in [5, 5.41) is 3.60. The van der Waals surface area contributed by atoms with Crippen molar-refractivity contribution >= 4 is 11.4 Å². The van der Waals surface area contributed by atoms with Gasteiger partial charge in [0.15, 0.2) is 0 Å². The van der Waals surface area contributed by atoms with Crippen molar-refractivity contribution in [2.75, 3.05) is 17.6 Å². The molecule has 0 spiro atoms. The van der Waals surface area contributed by atoms with Crippen molar-refractivity contribution in [3.05, 3.63) is 48.1 Å². The second kappa shape index (κ2) is 5.27. The quantitative estimate of drug-likeness (QED) is 0.712. The van der Waals surface area contributed by atoms with Crippen LogP contribution < -0.4 is 16.8 Å². The van der Waals surface area contributed by atoms with Gasteiger partial charge in [-0.2, -0.15) is 0 Å². The summed E-state index contributed by atoms with van der Waals surface area (Å²) >= 11 is 0. The predicted molar refractivity (Wildman–Crippen MR) is 78.4 cm³/mol. The summed E-state index contributed by atoms with van der Waals surface area (Å²) in [6.07, 6.45) is 8.41. The predicted octanol–water partition coefficient (Wildman–Crippen LogP) is 2.67. The van der Waals surface area contributed by atoms with E-state index in [2.05, 4.69) is 30.5 Å². The molecular weight excluding hydrogens is 222 g/mol. The topological polar surface area (TPSA) is 64.1 Å². The van der Waals surface area contributed by atoms with Crippen LogP contribution in [0.3, 0.4) is 0 Å². The lowest BCUT2D eigenvalue weighted by atomic mass is 9.84. The monoisotopic (exact) mass is 243 g/mol. The third-order valence-corrected chi connectivity index (χ3v) is 3.49. The molecule has 3 heteroatoms. The van der Waals surface area contributed by atoms with E-state index in [9.17, 15) is 0 Å². The van der Waals surface area contributed by atoms with Crippen molar-refractivity contribution in [1.29, 1.82) is 0 Å². The summed E-state index contributed by atoms with van der Waals surface area (Å²) in [4.78, 5) is 0. The molecule has 0 amide bonds. The molecule has 1 atom stereocenters. The summed E-state index contributed by atoms with van der Waals surface area (Å²) < 4.78 is 0. The molecule has 0 radical (unpaired) electrons. The summed E-state index contributed by atoms with van der Waals surface area (Å²) in [6, 6.07) is 7.86. The van der Waals surface area contributed by atoms with Gasteiger partial charge in [0, 0.05) is 17.9 Å². The largest absolute Gasteiger partial charge is 0.399 e. The highest BCUT2D eigenvalue weighted by molar-refractivity contribution is 5.54. The molecule has 1 unspecified atom stereocenters. The highest BCUT2D eigenvalue weighted by atomic mass is 15.0. The first kappa shape index (κ1) is 12.7. The number of benzene rings is 1. The maximum Gasteiger partial charge on any atom is 0.0594 e. The van der Waals surface area contributed by atoms with Gasteiger partial charge in [0.1, 0.15) is 0 Å². The van der Waals surface area contributed by atoms with Crippen LogP contribution in [0.2, 0.25) is 0 Å². The maximum atomic E-state index is 5.75. The number of nitrogens with two attached hydrogens (primary N) is 2. The molecule has 0 aromatic heterocycles. The van der Waals surface area contributed by atoms with Gasteiger partial charge in [-0.3, -0.25) is 0 Å². The zero-order valence-corrected chi connectivity index (χ0v) is 10.8. The van der Waals surface area contributed by atoms with Crippen LogP contribution in [-0.4, -0.2) is 12.1 Å². The lowest BCUT2D eigenvalue weighted by molar-refractivity contribution is 0.539. The highest BCUT2D eigenvalue weighted by Crippen LogP contribution is 2.30. The van der Waals surface area contributed by atoms with Crippen molar-refractivity contribution in [1.82, 2.24) is 0 Å². The Morgan fingerprint density at radius 3 is 2.61 bits per heavy atom. The Morgan fingerprint density at radius 1 is 1.28 bits per heavy atom. The zero-order chi connectivity index (χ0) is 13.0. The minimum absolute atomic E-state index is 0.0282. The molecule has 1 aliphatic rings. The maximum absolute atomic E-state index is 5.75. The molecule has 1 aromatic carbocycles. The molecule has 0 aliphatic heterocycles. The summed E-state index contributed by atoms with van der Waals surface area (Å²) in [7, 11) is 0. The van der Waals surface area contributed by atoms with Crippen molar-refractivity contribution in [3.8, 4) is 0 Å². The summed E-state index contributed by atoms with van der Waals surface area (Å²) in [6.45, 7) is 2.81. The Morgan fingerprint density at radius 2 is 2.00 bits per heavy atom. The second-order valence-corrected chi connectivity index (χ2v) is 4.82. The first-order chi connectivity index (χ1) is 8.67. The number of nitrogens with one attached hydrogen (secondary N) is 1. The fourth-order valence-electron chi connectivity index (χ4n) is 2.30. The number of anilines is 2. The normalized spacial score (nSPS) is 22.7. The van der Waals surface area contributed by atoms with E-state index < -0.39 is 0 Å². The molecule has 3 nitrogen and oxygen atoms in total. The number of nitrogen functional groups attached to an aromatic ring is 1. The SMILES string of the molecule is CCC1(Nc2ccc(N)cc2)C=CC=C(CN)C1. The van der Waals surface area contributed by atoms with E-state index in [1.807, 2.05) is 24.3 Å². The van der Waals surface area contributed by atoms with Gasteiger partial charge >= 0.3 is 0 Å². The van der Waals surface area contributed by atoms with Crippen molar-refractivity contribution < 1.29 is 0 Å². The fraction of sp³-hybridized carbons (Fsp3) is 0.333. The average Bonchev–Trinajstić information content (AvgIpc) is 2.42. The van der Waals surface area contributed by atoms with Gasteiger partial charge in [-0.1, -0.05) is 30.7 Å². The van der Waals surface area contributed by atoms with E-state index in [0.29, 0.717) is 6.54 Å². The third kappa shape index (κ3) is 2.74. The third-order valence-electron chi connectivity index (χ3n) is 3.49. The molecular formula is C15H21N3. The number of hydrogen-bond donors (Lipinski definition) is 3. The molecule has 0 fully saturated rings. The molecule has 1 aliphatic carbocycles. The Balaban J connectivity index is 2.17. The van der Waals surface area contributed by atoms with Crippen LogP contribution in [0.1, 0.15) is 19.8 Å². The lowest BCUT2D eigenvalue weighted by Crippen LogP contribution is -2.38. The molecule has 1 aromatic rings. The Bertz CT molecular complexity index is 459. The van der Waals surface area contributed by atoms with Gasteiger partial charge in [-0.25, -0.2) is 0 Å². The Labute approximate surface area is 109 Å². The van der Waals surface area contributed by atoms with Gasteiger partial charge < -0.3 is 16.8 Å². The van der Waals surface area contributed by atoms with Gasteiger partial charge in [-0.05, 0) is 37.1 Å². The standard InChI is InChI=1S/C15H21N3/c1-2-15(9-3-4-12(10-15)11-16)18-14-7-5-13(17)6-8-14/h3-9,18H,2,10-11,16-17H2,1H3. The van der Waals surface area contributed by atoms with Crippen LogP contribution in [-0.2, 0) is 0 Å². The van der Waals surface area contributed by atoms with Crippen molar-refractivity contribution in [2.45, 2.75) is 25.3 Å². The van der Waals surface area contributed by atoms with Gasteiger partial charge in [0.25, 0.3) is 0 Å². The Kier molecular flexibility index (Phi) is 3.72. The average molecular weight is 243 g/mol. The Hall–Kier alpha value is -1.74. The molecule has 0 heterocycles. The van der Waals surface area contributed by atoms with Crippen LogP contribution in [0.25, 0.3) is 0 Å². The number of allylic oxidation sites excluding steroid dienone is 2. The lowest BCUT2D eigenvalue weighted by Gasteiger charge is -2.35. The first-order valence-corrected chi connectivity index (χ1v) is 6.38.